The van der Waals surface area contributed by atoms with Gasteiger partial charge < -0.3 is 20.7 Å². The van der Waals surface area contributed by atoms with Crippen molar-refractivity contribution in [3.63, 3.8) is 0 Å². The first-order valence-corrected chi connectivity index (χ1v) is 8.47. The summed E-state index contributed by atoms with van der Waals surface area (Å²) in [4.78, 5) is 23.0. The normalized spacial score (nSPS) is 6.76. The fraction of sp³-hybridized carbons (Fsp3) is 0.185. The summed E-state index contributed by atoms with van der Waals surface area (Å²) in [6, 6.07) is 0. The maximum Gasteiger partial charge on any atom is 0.385 e. The Labute approximate surface area is 220 Å². The lowest BCUT2D eigenvalue weighted by molar-refractivity contribution is -0.153. The summed E-state index contributed by atoms with van der Waals surface area (Å²) < 4.78 is 9.58. The highest BCUT2D eigenvalue weighted by atomic mass is 16.6. The van der Waals surface area contributed by atoms with E-state index in [1.54, 1.807) is 13.8 Å². The third-order valence-electron chi connectivity index (χ3n) is 2.33. The molecule has 4 N–H and O–H groups in total. The lowest BCUT2D eigenvalue weighted by Gasteiger charge is -2.12. The number of ether oxygens (including phenoxy) is 2. The average Bonchev–Trinajstić information content (AvgIpc) is 2.79. The number of carbonyl (C=O) groups excluding carboxylic acids is 2. The van der Waals surface area contributed by atoms with Gasteiger partial charge >= 0.3 is 11.9 Å². The van der Waals surface area contributed by atoms with E-state index < -0.39 is 31.3 Å². The fourth-order valence-corrected chi connectivity index (χ4v) is 1.17. The number of hydrogen-bond donors (Lipinski definition) is 2. The van der Waals surface area contributed by atoms with Crippen molar-refractivity contribution < 1.29 is 49.8 Å². The lowest BCUT2D eigenvalue weighted by Crippen LogP contribution is -2.27. The van der Waals surface area contributed by atoms with Gasteiger partial charge in [0.15, 0.2) is 6.10 Å². The number of carbonyl (C=O) groups is 2. The van der Waals surface area contributed by atoms with Crippen molar-refractivity contribution in [1.29, 1.82) is 0 Å². The van der Waals surface area contributed by atoms with Crippen LogP contribution in [-0.2, 0) is 19.1 Å². The largest absolute Gasteiger partial charge is 0.452 e. The Balaban J connectivity index is -0.0000000281. The van der Waals surface area contributed by atoms with Crippen LogP contribution >= 0.6 is 0 Å². The van der Waals surface area contributed by atoms with Crippen molar-refractivity contribution in [3.05, 3.63) is 0 Å². The van der Waals surface area contributed by atoms with Gasteiger partial charge in [0.25, 0.3) is 0 Å². The van der Waals surface area contributed by atoms with E-state index in [-0.39, 0.29) is 31.8 Å². The molecule has 0 heterocycles. The molecule has 0 amide bonds. The molecule has 0 saturated heterocycles. The van der Waals surface area contributed by atoms with E-state index in [9.17, 15) is 14.7 Å². The van der Waals surface area contributed by atoms with Gasteiger partial charge in [0.05, 0.1) is 6.61 Å². The van der Waals surface area contributed by atoms with Crippen LogP contribution < -0.4 is 6.15 Å². The Morgan fingerprint density at radius 2 is 1.03 bits per heavy atom. The van der Waals surface area contributed by atoms with Crippen LogP contribution in [0.5, 0.6) is 0 Å². The highest BCUT2D eigenvalue weighted by Crippen LogP contribution is 1.94. The number of aliphatic hydroxyl groups excluding tert-OH is 1. The smallest absolute Gasteiger partial charge is 0.385 e. The minimum atomic E-state index is -1.12. The molecular weight excluding hydrogens is 418 g/mol. The summed E-state index contributed by atoms with van der Waals surface area (Å²) in [7, 11) is 0. The van der Waals surface area contributed by atoms with E-state index in [1.165, 1.54) is 0 Å². The molecular formula is C27H51NO5. The molecule has 0 saturated carbocycles. The Hall–Kier alpha value is -5.54. The molecule has 6 heteroatoms. The van der Waals surface area contributed by atoms with E-state index in [4.69, 9.17) is 9.47 Å². The van der Waals surface area contributed by atoms with Crippen LogP contribution in [0.3, 0.4) is 0 Å². The standard InChI is InChI=1S/C27H12O5.H3N.18H2/c1-3-5-7-9-11-13-15-17-19-21-26(29)31-24-25(23-28)32-27(30)22-20-18-16-14-12-10-8-6-4-2;;;;;;;;;;;;;;;;;;;/h25,28H,23-24H2,1-2H3;1H3;18*1H/t25-;;;;;;;;;;;;;;;;;;;/m1.................../s1. The second-order valence-electron chi connectivity index (χ2n) is 4.56. The summed E-state index contributed by atoms with van der Waals surface area (Å²) in [5.41, 5.74) is 0. The van der Waals surface area contributed by atoms with Crippen molar-refractivity contribution in [3.8, 4) is 118 Å². The minimum Gasteiger partial charge on any atom is -0.452 e. The Bertz CT molecular complexity index is 1400. The topological polar surface area (TPSA) is 108 Å². The monoisotopic (exact) mass is 469 g/mol. The van der Waals surface area contributed by atoms with Gasteiger partial charge in [-0.25, -0.2) is 9.59 Å². The molecule has 0 aromatic heterocycles. The SMILES string of the molecule is CC#CC#CC#CC#CC#CC(=O)OC[C@@H](CO)OC(=O)C#CC#CC#CC#CC#CC.N.[HH].[HH].[HH].[HH].[HH].[HH].[HH].[HH].[HH].[HH].[HH].[HH].[HH].[HH].[HH].[HH].[HH].[HH]. The van der Waals surface area contributed by atoms with Crippen LogP contribution in [0, 0.1) is 118 Å². The van der Waals surface area contributed by atoms with Crippen molar-refractivity contribution in [2.45, 2.75) is 20.0 Å². The van der Waals surface area contributed by atoms with Crippen molar-refractivity contribution in [1.82, 2.24) is 6.15 Å². The number of hydrogen-bond acceptors (Lipinski definition) is 6. The molecule has 0 fully saturated rings. The predicted octanol–water partition coefficient (Wildman–Crippen LogP) is 4.10. The van der Waals surface area contributed by atoms with Gasteiger partial charge in [-0.2, -0.15) is 0 Å². The molecule has 0 aromatic rings. The predicted molar refractivity (Wildman–Crippen MR) is 160 cm³/mol. The highest BCUT2D eigenvalue weighted by molar-refractivity contribution is 5.90. The van der Waals surface area contributed by atoms with Crippen molar-refractivity contribution in [2.75, 3.05) is 13.2 Å². The number of aliphatic hydroxyl groups is 1. The van der Waals surface area contributed by atoms with Crippen LogP contribution in [0.25, 0.3) is 0 Å². The van der Waals surface area contributed by atoms with Gasteiger partial charge in [-0.05, 0) is 109 Å². The Morgan fingerprint density at radius 3 is 1.42 bits per heavy atom. The molecule has 0 unspecified atom stereocenters. The zero-order valence-electron chi connectivity index (χ0n) is 17.8. The van der Waals surface area contributed by atoms with Crippen molar-refractivity contribution >= 4 is 11.9 Å². The summed E-state index contributed by atoms with van der Waals surface area (Å²) in [5, 5.41) is 9.19. The van der Waals surface area contributed by atoms with E-state index in [0.717, 1.165) is 0 Å². The Kier molecular flexibility index (Phi) is 20.4. The first kappa shape index (κ1) is 29.7. The van der Waals surface area contributed by atoms with Gasteiger partial charge in [-0.15, -0.1) is 0 Å². The molecule has 33 heavy (non-hydrogen) atoms. The van der Waals surface area contributed by atoms with Crippen LogP contribution in [0.15, 0.2) is 0 Å². The third kappa shape index (κ3) is 21.0. The summed E-state index contributed by atoms with van der Waals surface area (Å²) >= 11 is 0. The number of esters is 2. The number of rotatable bonds is 4. The first-order valence-electron chi connectivity index (χ1n) is 8.47. The van der Waals surface area contributed by atoms with E-state index in [2.05, 4.69) is 118 Å². The van der Waals surface area contributed by atoms with Crippen LogP contribution in [0.4, 0.5) is 0 Å². The maximum atomic E-state index is 11.6. The Morgan fingerprint density at radius 1 is 0.667 bits per heavy atom. The fourth-order valence-electron chi connectivity index (χ4n) is 1.17. The molecule has 0 aliphatic rings. The molecule has 0 radical (unpaired) electrons. The summed E-state index contributed by atoms with van der Waals surface area (Å²) in [5.74, 6) is 45.7. The molecule has 6 nitrogen and oxygen atoms in total. The zero-order valence-corrected chi connectivity index (χ0v) is 17.8. The zero-order chi connectivity index (χ0) is 23.7. The average molecular weight is 470 g/mol. The van der Waals surface area contributed by atoms with E-state index in [0.29, 0.717) is 0 Å². The molecule has 0 aromatic carbocycles. The molecule has 0 rings (SSSR count). The third-order valence-corrected chi connectivity index (χ3v) is 2.33. The molecule has 0 spiro atoms. The van der Waals surface area contributed by atoms with Gasteiger partial charge in [-0.3, -0.25) is 0 Å². The quantitative estimate of drug-likeness (QED) is 0.365. The molecule has 1 atom stereocenters. The van der Waals surface area contributed by atoms with Crippen LogP contribution in [0.1, 0.15) is 39.5 Å². The van der Waals surface area contributed by atoms with Gasteiger partial charge in [0, 0.05) is 37.5 Å². The molecule has 0 aliphatic carbocycles. The molecule has 0 bridgehead atoms. The second-order valence-corrected chi connectivity index (χ2v) is 4.56. The van der Waals surface area contributed by atoms with Crippen molar-refractivity contribution in [2.24, 2.45) is 0 Å². The van der Waals surface area contributed by atoms with Gasteiger partial charge in [-0.1, -0.05) is 11.8 Å². The highest BCUT2D eigenvalue weighted by Gasteiger charge is 2.14. The van der Waals surface area contributed by atoms with Gasteiger partial charge in [0.2, 0.25) is 0 Å². The first-order chi connectivity index (χ1) is 15.6. The second kappa shape index (κ2) is 22.7. The van der Waals surface area contributed by atoms with Gasteiger partial charge in [0.1, 0.15) is 6.61 Å². The molecule has 194 valence electrons. The van der Waals surface area contributed by atoms with E-state index >= 15 is 0 Å². The molecule has 0 aliphatic heterocycles. The van der Waals surface area contributed by atoms with E-state index in [1.807, 2.05) is 0 Å². The maximum absolute atomic E-state index is 11.6. The van der Waals surface area contributed by atoms with Crippen LogP contribution in [0.2, 0.25) is 0 Å². The summed E-state index contributed by atoms with van der Waals surface area (Å²) in [6.07, 6.45) is -1.12. The van der Waals surface area contributed by atoms with Crippen LogP contribution in [-0.4, -0.2) is 36.4 Å². The lowest BCUT2D eigenvalue weighted by atomic mass is 10.4. The summed E-state index contributed by atoms with van der Waals surface area (Å²) in [6.45, 7) is 2.28. The minimum absolute atomic E-state index is 0.